The molecule has 2 rings (SSSR count). The molecule has 0 fully saturated rings. The number of hydrogen-bond acceptors (Lipinski definition) is 2. The van der Waals surface area contributed by atoms with Crippen molar-refractivity contribution in [2.75, 3.05) is 0 Å². The van der Waals surface area contributed by atoms with Crippen LogP contribution in [0.2, 0.25) is 0 Å². The summed E-state index contributed by atoms with van der Waals surface area (Å²) in [4.78, 5) is 0. The summed E-state index contributed by atoms with van der Waals surface area (Å²) in [6, 6.07) is 14.1. The lowest BCUT2D eigenvalue weighted by Gasteiger charge is -2.08. The number of benzene rings is 2. The highest BCUT2D eigenvalue weighted by Crippen LogP contribution is 2.22. The lowest BCUT2D eigenvalue weighted by Crippen LogP contribution is -1.89. The molecule has 0 aliphatic heterocycles. The van der Waals surface area contributed by atoms with Gasteiger partial charge in [-0.3, -0.25) is 0 Å². The van der Waals surface area contributed by atoms with E-state index in [0.29, 0.717) is 0 Å². The summed E-state index contributed by atoms with van der Waals surface area (Å²) < 4.78 is 0. The van der Waals surface area contributed by atoms with Gasteiger partial charge in [0, 0.05) is 5.92 Å². The fourth-order valence-electron chi connectivity index (χ4n) is 1.82. The number of hydrogen-bond donors (Lipinski definition) is 2. The van der Waals surface area contributed by atoms with Crippen LogP contribution in [0.4, 0.5) is 0 Å². The molecule has 2 aromatic rings. The third-order valence-corrected chi connectivity index (χ3v) is 2.92. The van der Waals surface area contributed by atoms with Crippen molar-refractivity contribution in [3.05, 3.63) is 78.4 Å². The topological polar surface area (TPSA) is 40.5 Å². The van der Waals surface area contributed by atoms with Crippen LogP contribution in [0.15, 0.2) is 67.3 Å². The highest BCUT2D eigenvalue weighted by molar-refractivity contribution is 5.52. The Bertz CT molecular complexity index is 565. The van der Waals surface area contributed by atoms with E-state index < -0.39 is 0 Å². The monoisotopic (exact) mass is 252 g/mol. The van der Waals surface area contributed by atoms with Gasteiger partial charge in [-0.25, -0.2) is 0 Å². The summed E-state index contributed by atoms with van der Waals surface area (Å²) in [7, 11) is 0. The van der Waals surface area contributed by atoms with E-state index >= 15 is 0 Å². The van der Waals surface area contributed by atoms with E-state index in [4.69, 9.17) is 0 Å². The van der Waals surface area contributed by atoms with Crippen LogP contribution in [0, 0.1) is 0 Å². The zero-order valence-electron chi connectivity index (χ0n) is 10.5. The Kier molecular flexibility index (Phi) is 4.04. The minimum absolute atomic E-state index is 0.0920. The van der Waals surface area contributed by atoms with Crippen LogP contribution in [0.3, 0.4) is 0 Å². The third kappa shape index (κ3) is 3.49. The van der Waals surface area contributed by atoms with Crippen LogP contribution < -0.4 is 0 Å². The molecule has 0 amide bonds. The van der Waals surface area contributed by atoms with Crippen LogP contribution in [-0.2, 0) is 0 Å². The zero-order valence-corrected chi connectivity index (χ0v) is 10.5. The Balaban J connectivity index is 2.17. The van der Waals surface area contributed by atoms with Crippen LogP contribution >= 0.6 is 0 Å². The van der Waals surface area contributed by atoms with Crippen LogP contribution in [-0.4, -0.2) is 10.2 Å². The van der Waals surface area contributed by atoms with Gasteiger partial charge in [0.25, 0.3) is 0 Å². The third-order valence-electron chi connectivity index (χ3n) is 2.92. The molecule has 2 N–H and O–H groups in total. The van der Waals surface area contributed by atoms with E-state index in [-0.39, 0.29) is 17.4 Å². The molecule has 2 aromatic carbocycles. The molecule has 96 valence electrons. The molecule has 1 atom stereocenters. The lowest BCUT2D eigenvalue weighted by molar-refractivity contribution is 0.474. The van der Waals surface area contributed by atoms with Crippen molar-refractivity contribution >= 4 is 6.08 Å². The SMILES string of the molecule is C=CC(C=Cc1ccc(O)cc1)c1ccc(O)cc1. The standard InChI is InChI=1S/C17H16O2/c1-2-14(15-7-11-17(19)12-8-15)6-3-13-4-9-16(18)10-5-13/h2-12,14,18-19H,1H2. The first-order chi connectivity index (χ1) is 9.19. The number of rotatable bonds is 4. The van der Waals surface area contributed by atoms with Crippen LogP contribution in [0.25, 0.3) is 6.08 Å². The molecule has 0 aliphatic rings. The molecule has 19 heavy (non-hydrogen) atoms. The highest BCUT2D eigenvalue weighted by atomic mass is 16.3. The van der Waals surface area contributed by atoms with Crippen molar-refractivity contribution in [1.29, 1.82) is 0 Å². The van der Waals surface area contributed by atoms with Crippen molar-refractivity contribution in [1.82, 2.24) is 0 Å². The molecule has 0 bridgehead atoms. The predicted molar refractivity (Wildman–Crippen MR) is 78.2 cm³/mol. The van der Waals surface area contributed by atoms with Gasteiger partial charge < -0.3 is 10.2 Å². The summed E-state index contributed by atoms with van der Waals surface area (Å²) in [5.41, 5.74) is 2.09. The van der Waals surface area contributed by atoms with E-state index in [1.807, 2.05) is 42.5 Å². The number of aromatic hydroxyl groups is 2. The molecule has 2 heteroatoms. The molecule has 0 saturated heterocycles. The van der Waals surface area contributed by atoms with Gasteiger partial charge in [-0.05, 0) is 35.4 Å². The van der Waals surface area contributed by atoms with Crippen molar-refractivity contribution in [2.24, 2.45) is 0 Å². The number of phenolic OH excluding ortho intramolecular Hbond substituents is 2. The Morgan fingerprint density at radius 1 is 0.842 bits per heavy atom. The normalized spacial score (nSPS) is 12.4. The maximum Gasteiger partial charge on any atom is 0.115 e. The molecular formula is C17H16O2. The summed E-state index contributed by atoms with van der Waals surface area (Å²) in [6.45, 7) is 3.83. The van der Waals surface area contributed by atoms with Gasteiger partial charge in [-0.15, -0.1) is 6.58 Å². The number of allylic oxidation sites excluding steroid dienone is 2. The first-order valence-corrected chi connectivity index (χ1v) is 6.08. The molecule has 0 spiro atoms. The Labute approximate surface area is 113 Å². The summed E-state index contributed by atoms with van der Waals surface area (Å²) in [5, 5.41) is 18.5. The highest BCUT2D eigenvalue weighted by Gasteiger charge is 2.03. The molecule has 0 aliphatic carbocycles. The van der Waals surface area contributed by atoms with Gasteiger partial charge in [0.05, 0.1) is 0 Å². The molecule has 0 aromatic heterocycles. The van der Waals surface area contributed by atoms with Crippen molar-refractivity contribution < 1.29 is 10.2 Å². The zero-order chi connectivity index (χ0) is 13.7. The predicted octanol–water partition coefficient (Wildman–Crippen LogP) is 4.08. The molecule has 0 heterocycles. The second kappa shape index (κ2) is 5.91. The smallest absolute Gasteiger partial charge is 0.115 e. The lowest BCUT2D eigenvalue weighted by atomic mass is 9.98. The van der Waals surface area contributed by atoms with Crippen molar-refractivity contribution in [2.45, 2.75) is 5.92 Å². The Morgan fingerprint density at radius 2 is 1.37 bits per heavy atom. The fraction of sp³-hybridized carbons (Fsp3) is 0.0588. The largest absolute Gasteiger partial charge is 0.508 e. The summed E-state index contributed by atoms with van der Waals surface area (Å²) >= 11 is 0. The summed E-state index contributed by atoms with van der Waals surface area (Å²) in [6.07, 6.45) is 5.87. The maximum atomic E-state index is 9.28. The molecular weight excluding hydrogens is 236 g/mol. The molecule has 1 unspecified atom stereocenters. The quantitative estimate of drug-likeness (QED) is 0.805. The van der Waals surface area contributed by atoms with E-state index in [9.17, 15) is 10.2 Å². The minimum Gasteiger partial charge on any atom is -0.508 e. The van der Waals surface area contributed by atoms with Crippen molar-refractivity contribution in [3.63, 3.8) is 0 Å². The van der Waals surface area contributed by atoms with E-state index in [0.717, 1.165) is 11.1 Å². The summed E-state index contributed by atoms with van der Waals surface area (Å²) in [5.74, 6) is 0.611. The second-order valence-corrected chi connectivity index (χ2v) is 4.30. The van der Waals surface area contributed by atoms with Gasteiger partial charge in [-0.1, -0.05) is 42.5 Å². The minimum atomic E-state index is 0.0920. The van der Waals surface area contributed by atoms with Gasteiger partial charge in [-0.2, -0.15) is 0 Å². The fourth-order valence-corrected chi connectivity index (χ4v) is 1.82. The van der Waals surface area contributed by atoms with Gasteiger partial charge in [0.1, 0.15) is 11.5 Å². The van der Waals surface area contributed by atoms with E-state index in [1.54, 1.807) is 24.3 Å². The first-order valence-electron chi connectivity index (χ1n) is 6.08. The molecule has 0 saturated carbocycles. The molecule has 0 radical (unpaired) electrons. The van der Waals surface area contributed by atoms with E-state index in [2.05, 4.69) is 6.58 Å². The van der Waals surface area contributed by atoms with Crippen molar-refractivity contribution in [3.8, 4) is 11.5 Å². The second-order valence-electron chi connectivity index (χ2n) is 4.30. The average Bonchev–Trinajstić information content (AvgIpc) is 2.43. The Hall–Kier alpha value is -2.48. The van der Waals surface area contributed by atoms with Gasteiger partial charge in [0.15, 0.2) is 0 Å². The average molecular weight is 252 g/mol. The number of phenols is 2. The van der Waals surface area contributed by atoms with E-state index in [1.165, 1.54) is 0 Å². The van der Waals surface area contributed by atoms with Gasteiger partial charge in [0.2, 0.25) is 0 Å². The van der Waals surface area contributed by atoms with Crippen LogP contribution in [0.1, 0.15) is 17.0 Å². The maximum absolute atomic E-state index is 9.28. The molecule has 2 nitrogen and oxygen atoms in total. The Morgan fingerprint density at radius 3 is 1.89 bits per heavy atom. The van der Waals surface area contributed by atoms with Gasteiger partial charge >= 0.3 is 0 Å². The first kappa shape index (κ1) is 13.0. The van der Waals surface area contributed by atoms with Crippen LogP contribution in [0.5, 0.6) is 11.5 Å².